The Morgan fingerprint density at radius 1 is 0.897 bits per heavy atom. The van der Waals surface area contributed by atoms with Crippen LogP contribution in [0.25, 0.3) is 0 Å². The molecule has 158 valence electrons. The van der Waals surface area contributed by atoms with Gasteiger partial charge in [-0.2, -0.15) is 0 Å². The maximum absolute atomic E-state index is 12.4. The molecule has 1 N–H and O–H groups in total. The summed E-state index contributed by atoms with van der Waals surface area (Å²) in [4.78, 5) is 2.65. The van der Waals surface area contributed by atoms with Crippen molar-refractivity contribution in [3.8, 4) is 0 Å². The third-order valence-electron chi connectivity index (χ3n) is 9.53. The second kappa shape index (κ2) is 6.08. The van der Waals surface area contributed by atoms with Crippen molar-refractivity contribution in [2.45, 2.75) is 89.4 Å². The van der Waals surface area contributed by atoms with Crippen LogP contribution in [-0.4, -0.2) is 40.9 Å². The number of ether oxygens (including phenoxy) is 1. The van der Waals surface area contributed by atoms with E-state index in [0.717, 1.165) is 38.5 Å². The number of nitrogens with zero attached hydrogens (tertiary/aromatic N) is 1. The van der Waals surface area contributed by atoms with Crippen LogP contribution in [0, 0.1) is 22.2 Å². The predicted molar refractivity (Wildman–Crippen MR) is 114 cm³/mol. The lowest BCUT2D eigenvalue weighted by molar-refractivity contribution is -0.259. The fourth-order valence-electron chi connectivity index (χ4n) is 9.50. The lowest BCUT2D eigenvalue weighted by atomic mass is 9.36. The van der Waals surface area contributed by atoms with E-state index < -0.39 is 5.60 Å². The van der Waals surface area contributed by atoms with Crippen LogP contribution in [0.4, 0.5) is 0 Å². The molecule has 0 radical (unpaired) electrons. The molecule has 4 atom stereocenters. The highest BCUT2D eigenvalue weighted by molar-refractivity contribution is 5.20. The van der Waals surface area contributed by atoms with Crippen LogP contribution in [0.5, 0.6) is 0 Å². The van der Waals surface area contributed by atoms with Gasteiger partial charge in [-0.1, -0.05) is 44.2 Å². The second-order valence-electron chi connectivity index (χ2n) is 12.4. The summed E-state index contributed by atoms with van der Waals surface area (Å²) in [7, 11) is 0. The summed E-state index contributed by atoms with van der Waals surface area (Å²) < 4.78 is 6.00. The van der Waals surface area contributed by atoms with Gasteiger partial charge in [0.1, 0.15) is 0 Å². The standard InChI is InChI=1S/C26H37NO2/c1-23-8-20-9-24(2,16-23)18-25(10-20,17-23)26(28)11-21-14-29-15-22(12-26)27(21)13-19-6-4-3-5-7-19/h3-7,20-22,28H,8-18H2,1-2H3. The van der Waals surface area contributed by atoms with Crippen LogP contribution < -0.4 is 0 Å². The van der Waals surface area contributed by atoms with Gasteiger partial charge in [-0.25, -0.2) is 0 Å². The highest BCUT2D eigenvalue weighted by Crippen LogP contribution is 2.73. The highest BCUT2D eigenvalue weighted by Gasteiger charge is 2.67. The molecule has 7 rings (SSSR count). The summed E-state index contributed by atoms with van der Waals surface area (Å²) in [6, 6.07) is 11.5. The Morgan fingerprint density at radius 3 is 2.10 bits per heavy atom. The quantitative estimate of drug-likeness (QED) is 0.800. The van der Waals surface area contributed by atoms with Gasteiger partial charge in [-0.15, -0.1) is 0 Å². The molecule has 3 heteroatoms. The van der Waals surface area contributed by atoms with E-state index in [2.05, 4.69) is 49.1 Å². The molecule has 2 saturated heterocycles. The van der Waals surface area contributed by atoms with Gasteiger partial charge in [0, 0.05) is 24.0 Å². The Morgan fingerprint density at radius 2 is 1.52 bits per heavy atom. The molecule has 0 aromatic heterocycles. The van der Waals surface area contributed by atoms with Crippen molar-refractivity contribution in [1.82, 2.24) is 4.90 Å². The van der Waals surface area contributed by atoms with E-state index in [9.17, 15) is 5.11 Å². The minimum atomic E-state index is -0.513. The topological polar surface area (TPSA) is 32.7 Å². The third kappa shape index (κ3) is 2.87. The van der Waals surface area contributed by atoms with Gasteiger partial charge < -0.3 is 9.84 Å². The first-order valence-corrected chi connectivity index (χ1v) is 11.9. The lowest BCUT2D eigenvalue weighted by Crippen LogP contribution is -2.70. The molecule has 29 heavy (non-hydrogen) atoms. The molecule has 1 aromatic carbocycles. The maximum Gasteiger partial charge on any atom is 0.0735 e. The number of rotatable bonds is 3. The molecule has 2 heterocycles. The van der Waals surface area contributed by atoms with Crippen molar-refractivity contribution >= 4 is 0 Å². The Bertz CT molecular complexity index is 759. The lowest BCUT2D eigenvalue weighted by Gasteiger charge is -2.70. The normalized spacial score (nSPS) is 51.3. The Hall–Kier alpha value is -0.900. The first-order valence-electron chi connectivity index (χ1n) is 11.9. The number of benzene rings is 1. The number of aliphatic hydroxyl groups is 1. The molecular weight excluding hydrogens is 358 g/mol. The van der Waals surface area contributed by atoms with Gasteiger partial charge in [-0.05, 0) is 73.7 Å². The van der Waals surface area contributed by atoms with Gasteiger partial charge in [0.05, 0.1) is 18.8 Å². The zero-order valence-electron chi connectivity index (χ0n) is 18.2. The SMILES string of the molecule is CC12CC3CC(C)(C1)CC(C1(O)CC4COCC(C1)N4Cc1ccccc1)(C3)C2. The fourth-order valence-corrected chi connectivity index (χ4v) is 9.50. The molecule has 6 fully saturated rings. The van der Waals surface area contributed by atoms with Crippen molar-refractivity contribution in [1.29, 1.82) is 0 Å². The number of piperidine rings is 1. The van der Waals surface area contributed by atoms with Crippen LogP contribution in [0.3, 0.4) is 0 Å². The van der Waals surface area contributed by atoms with Crippen LogP contribution in [-0.2, 0) is 11.3 Å². The summed E-state index contributed by atoms with van der Waals surface area (Å²) in [6.07, 6.45) is 9.75. The van der Waals surface area contributed by atoms with Crippen LogP contribution >= 0.6 is 0 Å². The summed E-state index contributed by atoms with van der Waals surface area (Å²) in [5.74, 6) is 0.837. The molecule has 4 aliphatic carbocycles. The Labute approximate surface area is 175 Å². The smallest absolute Gasteiger partial charge is 0.0735 e. The number of morpholine rings is 1. The van der Waals surface area contributed by atoms with E-state index in [4.69, 9.17) is 4.74 Å². The van der Waals surface area contributed by atoms with Gasteiger partial charge in [-0.3, -0.25) is 4.90 Å². The fraction of sp³-hybridized carbons (Fsp3) is 0.769. The zero-order chi connectivity index (χ0) is 19.9. The van der Waals surface area contributed by atoms with Crippen LogP contribution in [0.1, 0.15) is 70.8 Å². The van der Waals surface area contributed by atoms with Gasteiger partial charge in [0.2, 0.25) is 0 Å². The van der Waals surface area contributed by atoms with Crippen molar-refractivity contribution in [2.24, 2.45) is 22.2 Å². The molecule has 6 aliphatic rings. The monoisotopic (exact) mass is 395 g/mol. The van der Waals surface area contributed by atoms with Crippen molar-refractivity contribution in [3.05, 3.63) is 35.9 Å². The van der Waals surface area contributed by atoms with Crippen LogP contribution in [0.15, 0.2) is 30.3 Å². The summed E-state index contributed by atoms with van der Waals surface area (Å²) >= 11 is 0. The average molecular weight is 396 g/mol. The largest absolute Gasteiger partial charge is 0.389 e. The highest BCUT2D eigenvalue weighted by atomic mass is 16.5. The van der Waals surface area contributed by atoms with E-state index in [1.54, 1.807) is 0 Å². The number of hydrogen-bond acceptors (Lipinski definition) is 3. The molecule has 3 nitrogen and oxygen atoms in total. The van der Waals surface area contributed by atoms with Crippen LogP contribution in [0.2, 0.25) is 0 Å². The van der Waals surface area contributed by atoms with E-state index in [1.165, 1.54) is 44.1 Å². The summed E-state index contributed by atoms with van der Waals surface area (Å²) in [5.41, 5.74) is 1.92. The Kier molecular flexibility index (Phi) is 3.95. The minimum absolute atomic E-state index is 0.141. The maximum atomic E-state index is 12.4. The number of fused-ring (bicyclic) bond motifs is 2. The zero-order valence-corrected chi connectivity index (χ0v) is 18.2. The molecule has 6 bridgehead atoms. The van der Waals surface area contributed by atoms with E-state index in [1.807, 2.05) is 0 Å². The second-order valence-corrected chi connectivity index (χ2v) is 12.4. The number of hydrogen-bond donors (Lipinski definition) is 1. The van der Waals surface area contributed by atoms with E-state index >= 15 is 0 Å². The van der Waals surface area contributed by atoms with Crippen molar-refractivity contribution in [3.63, 3.8) is 0 Å². The van der Waals surface area contributed by atoms with Gasteiger partial charge in [0.25, 0.3) is 0 Å². The first kappa shape index (κ1) is 18.8. The molecular formula is C26H37NO2. The minimum Gasteiger partial charge on any atom is -0.389 e. The molecule has 0 amide bonds. The van der Waals surface area contributed by atoms with E-state index in [0.29, 0.717) is 22.9 Å². The molecule has 2 aliphatic heterocycles. The molecule has 1 aromatic rings. The van der Waals surface area contributed by atoms with E-state index in [-0.39, 0.29) is 5.41 Å². The Balaban J connectivity index is 1.30. The first-order chi connectivity index (χ1) is 13.8. The third-order valence-corrected chi connectivity index (χ3v) is 9.53. The summed E-state index contributed by atoms with van der Waals surface area (Å²) in [6.45, 7) is 7.60. The molecule has 0 spiro atoms. The van der Waals surface area contributed by atoms with Gasteiger partial charge in [0.15, 0.2) is 0 Å². The van der Waals surface area contributed by atoms with Crippen molar-refractivity contribution in [2.75, 3.05) is 13.2 Å². The molecule has 4 saturated carbocycles. The average Bonchev–Trinajstić information content (AvgIpc) is 2.60. The molecule has 4 unspecified atom stereocenters. The van der Waals surface area contributed by atoms with Crippen molar-refractivity contribution < 1.29 is 9.84 Å². The van der Waals surface area contributed by atoms with Gasteiger partial charge >= 0.3 is 0 Å². The predicted octanol–water partition coefficient (Wildman–Crippen LogP) is 4.78. The summed E-state index contributed by atoms with van der Waals surface area (Å²) in [5, 5.41) is 12.4.